The molecule has 2 atom stereocenters. The van der Waals surface area contributed by atoms with Crippen LogP contribution in [0.1, 0.15) is 35.8 Å². The molecule has 3 N–H and O–H groups in total. The Morgan fingerprint density at radius 3 is 2.67 bits per heavy atom. The molecule has 0 radical (unpaired) electrons. The first-order valence-corrected chi connectivity index (χ1v) is 9.38. The SMILES string of the molecule is CC1CCC(C(=O)Nc2ccnc(C(N)=O)c2)O1.COCc1c(F)cccc1OC. The predicted molar refractivity (Wildman–Crippen MR) is 109 cm³/mol. The second-order valence-corrected chi connectivity index (χ2v) is 6.65. The summed E-state index contributed by atoms with van der Waals surface area (Å²) in [6.07, 6.45) is 2.69. The highest BCUT2D eigenvalue weighted by atomic mass is 19.1. The smallest absolute Gasteiger partial charge is 0.267 e. The van der Waals surface area contributed by atoms with Crippen LogP contribution < -0.4 is 15.8 Å². The van der Waals surface area contributed by atoms with Gasteiger partial charge in [0.05, 0.1) is 25.4 Å². The van der Waals surface area contributed by atoms with E-state index in [1.54, 1.807) is 18.2 Å². The van der Waals surface area contributed by atoms with Gasteiger partial charge in [0.1, 0.15) is 23.4 Å². The van der Waals surface area contributed by atoms with E-state index in [9.17, 15) is 14.0 Å². The fourth-order valence-electron chi connectivity index (χ4n) is 2.88. The first-order chi connectivity index (χ1) is 14.3. The zero-order chi connectivity index (χ0) is 22.1. The molecule has 2 heterocycles. The molecule has 2 unspecified atom stereocenters. The number of nitrogens with one attached hydrogen (secondary N) is 1. The van der Waals surface area contributed by atoms with E-state index in [-0.39, 0.29) is 30.1 Å². The lowest BCUT2D eigenvalue weighted by atomic mass is 10.2. The van der Waals surface area contributed by atoms with Gasteiger partial charge in [-0.15, -0.1) is 0 Å². The number of amides is 2. The van der Waals surface area contributed by atoms with Crippen molar-refractivity contribution >= 4 is 17.5 Å². The molecule has 0 spiro atoms. The highest BCUT2D eigenvalue weighted by Gasteiger charge is 2.28. The Hall–Kier alpha value is -3.04. The van der Waals surface area contributed by atoms with Gasteiger partial charge < -0.3 is 25.3 Å². The number of methoxy groups -OCH3 is 2. The lowest BCUT2D eigenvalue weighted by Crippen LogP contribution is -2.28. The quantitative estimate of drug-likeness (QED) is 0.744. The van der Waals surface area contributed by atoms with Crippen molar-refractivity contribution in [2.24, 2.45) is 5.73 Å². The Morgan fingerprint density at radius 2 is 2.07 bits per heavy atom. The molecule has 0 aliphatic carbocycles. The zero-order valence-electron chi connectivity index (χ0n) is 17.2. The van der Waals surface area contributed by atoms with Crippen molar-refractivity contribution in [3.05, 3.63) is 53.6 Å². The zero-order valence-corrected chi connectivity index (χ0v) is 17.2. The number of nitrogens with zero attached hydrogens (tertiary/aromatic N) is 1. The molecular formula is C21H26FN3O5. The average molecular weight is 419 g/mol. The molecule has 30 heavy (non-hydrogen) atoms. The second kappa shape index (κ2) is 11.2. The minimum atomic E-state index is -0.628. The van der Waals surface area contributed by atoms with Crippen LogP contribution in [0.3, 0.4) is 0 Å². The van der Waals surface area contributed by atoms with Crippen molar-refractivity contribution in [2.75, 3.05) is 19.5 Å². The summed E-state index contributed by atoms with van der Waals surface area (Å²) in [5.41, 5.74) is 6.19. The maximum Gasteiger partial charge on any atom is 0.267 e. The molecule has 162 valence electrons. The van der Waals surface area contributed by atoms with Gasteiger partial charge in [-0.25, -0.2) is 4.39 Å². The molecule has 1 saturated heterocycles. The van der Waals surface area contributed by atoms with Gasteiger partial charge in [0.2, 0.25) is 0 Å². The molecule has 2 aromatic rings. The van der Waals surface area contributed by atoms with Crippen molar-refractivity contribution in [3.63, 3.8) is 0 Å². The number of nitrogens with two attached hydrogens (primary N) is 1. The van der Waals surface area contributed by atoms with Gasteiger partial charge in [-0.05, 0) is 44.0 Å². The van der Waals surface area contributed by atoms with Crippen LogP contribution in [0, 0.1) is 5.82 Å². The number of hydrogen-bond acceptors (Lipinski definition) is 6. The van der Waals surface area contributed by atoms with Crippen molar-refractivity contribution in [3.8, 4) is 5.75 Å². The Bertz CT molecular complexity index is 877. The van der Waals surface area contributed by atoms with Crippen LogP contribution in [-0.2, 0) is 20.9 Å². The van der Waals surface area contributed by atoms with Gasteiger partial charge in [-0.3, -0.25) is 14.6 Å². The molecule has 1 fully saturated rings. The van der Waals surface area contributed by atoms with Crippen LogP contribution >= 0.6 is 0 Å². The van der Waals surface area contributed by atoms with E-state index < -0.39 is 12.0 Å². The minimum absolute atomic E-state index is 0.111. The molecule has 0 saturated carbocycles. The summed E-state index contributed by atoms with van der Waals surface area (Å²) in [4.78, 5) is 26.6. The number of carbonyl (C=O) groups excluding carboxylic acids is 2. The van der Waals surface area contributed by atoms with Crippen molar-refractivity contribution in [1.82, 2.24) is 4.98 Å². The van der Waals surface area contributed by atoms with Gasteiger partial charge in [0.25, 0.3) is 11.8 Å². The molecule has 9 heteroatoms. The third-order valence-electron chi connectivity index (χ3n) is 4.39. The largest absolute Gasteiger partial charge is 0.496 e. The van der Waals surface area contributed by atoms with Crippen LogP contribution in [0.15, 0.2) is 36.5 Å². The summed E-state index contributed by atoms with van der Waals surface area (Å²) < 4.78 is 28.3. The monoisotopic (exact) mass is 419 g/mol. The normalized spacial score (nSPS) is 17.6. The number of hydrogen-bond donors (Lipinski definition) is 2. The van der Waals surface area contributed by atoms with Gasteiger partial charge in [-0.1, -0.05) is 6.07 Å². The average Bonchev–Trinajstić information content (AvgIpc) is 3.17. The maximum atomic E-state index is 13.1. The van der Waals surface area contributed by atoms with Gasteiger partial charge in [0.15, 0.2) is 0 Å². The summed E-state index contributed by atoms with van der Waals surface area (Å²) in [6, 6.07) is 7.74. The Kier molecular flexibility index (Phi) is 8.70. The topological polar surface area (TPSA) is 113 Å². The fourth-order valence-corrected chi connectivity index (χ4v) is 2.88. The lowest BCUT2D eigenvalue weighted by molar-refractivity contribution is -0.126. The van der Waals surface area contributed by atoms with Crippen molar-refractivity contribution < 1.29 is 28.2 Å². The van der Waals surface area contributed by atoms with E-state index in [1.807, 2.05) is 6.92 Å². The van der Waals surface area contributed by atoms with Gasteiger partial charge in [0, 0.05) is 19.0 Å². The Balaban J connectivity index is 0.000000232. The van der Waals surface area contributed by atoms with E-state index >= 15 is 0 Å². The fraction of sp³-hybridized carbons (Fsp3) is 0.381. The number of benzene rings is 1. The number of anilines is 1. The molecular weight excluding hydrogens is 393 g/mol. The number of halogens is 1. The highest BCUT2D eigenvalue weighted by Crippen LogP contribution is 2.22. The summed E-state index contributed by atoms with van der Waals surface area (Å²) in [7, 11) is 3.03. The maximum absolute atomic E-state index is 13.1. The summed E-state index contributed by atoms with van der Waals surface area (Å²) >= 11 is 0. The number of rotatable bonds is 6. The molecule has 1 aliphatic rings. The van der Waals surface area contributed by atoms with E-state index in [0.717, 1.165) is 6.42 Å². The van der Waals surface area contributed by atoms with Crippen LogP contribution in [0.25, 0.3) is 0 Å². The lowest BCUT2D eigenvalue weighted by Gasteiger charge is -2.11. The highest BCUT2D eigenvalue weighted by molar-refractivity contribution is 5.96. The molecule has 2 amide bonds. The van der Waals surface area contributed by atoms with E-state index in [2.05, 4.69) is 10.3 Å². The molecule has 0 bridgehead atoms. The summed E-state index contributed by atoms with van der Waals surface area (Å²) in [5.74, 6) is -0.606. The Labute approximate surface area is 174 Å². The summed E-state index contributed by atoms with van der Waals surface area (Å²) in [5, 5.41) is 2.69. The number of aromatic nitrogens is 1. The standard InChI is InChI=1S/C12H15N3O3.C9H11FO2/c1-7-2-3-10(18-7)12(17)15-8-4-5-14-9(6-8)11(13)16;1-11-6-7-8(10)4-3-5-9(7)12-2/h4-7,10H,2-3H2,1H3,(H2,13,16)(H,14,15,17);3-5H,6H2,1-2H3. The van der Waals surface area contributed by atoms with Gasteiger partial charge >= 0.3 is 0 Å². The van der Waals surface area contributed by atoms with Crippen molar-refractivity contribution in [1.29, 1.82) is 0 Å². The van der Waals surface area contributed by atoms with Crippen LogP contribution in [0.5, 0.6) is 5.75 Å². The number of carbonyl (C=O) groups is 2. The Morgan fingerprint density at radius 1 is 1.30 bits per heavy atom. The van der Waals surface area contributed by atoms with Crippen LogP contribution in [0.4, 0.5) is 10.1 Å². The first-order valence-electron chi connectivity index (χ1n) is 9.38. The van der Waals surface area contributed by atoms with Crippen LogP contribution in [-0.4, -0.2) is 43.2 Å². The number of pyridine rings is 1. The van der Waals surface area contributed by atoms with E-state index in [4.69, 9.17) is 19.9 Å². The van der Waals surface area contributed by atoms with E-state index in [1.165, 1.54) is 32.5 Å². The first kappa shape index (κ1) is 23.2. The van der Waals surface area contributed by atoms with E-state index in [0.29, 0.717) is 23.4 Å². The molecule has 8 nitrogen and oxygen atoms in total. The third-order valence-corrected chi connectivity index (χ3v) is 4.39. The van der Waals surface area contributed by atoms with Gasteiger partial charge in [-0.2, -0.15) is 0 Å². The third kappa shape index (κ3) is 6.50. The minimum Gasteiger partial charge on any atom is -0.496 e. The van der Waals surface area contributed by atoms with Crippen molar-refractivity contribution in [2.45, 2.75) is 38.6 Å². The van der Waals surface area contributed by atoms with Crippen LogP contribution in [0.2, 0.25) is 0 Å². The molecule has 1 aliphatic heterocycles. The number of ether oxygens (including phenoxy) is 3. The molecule has 3 rings (SSSR count). The second-order valence-electron chi connectivity index (χ2n) is 6.65. The summed E-state index contributed by atoms with van der Waals surface area (Å²) in [6.45, 7) is 2.17. The molecule has 1 aromatic carbocycles. The molecule has 1 aromatic heterocycles. The number of primary amides is 1. The predicted octanol–water partition coefficient (Wildman–Crippen LogP) is 2.67.